The molecule has 0 radical (unpaired) electrons. The van der Waals surface area contributed by atoms with Crippen molar-refractivity contribution >= 4 is 29.5 Å². The number of nitrogens with one attached hydrogen (secondary N) is 2. The second-order valence-electron chi connectivity index (χ2n) is 9.89. The Hall–Kier alpha value is -4.33. The Bertz CT molecular complexity index is 1280. The summed E-state index contributed by atoms with van der Waals surface area (Å²) in [6.45, 7) is 5.40. The number of fused-ring (bicyclic) bond motifs is 3. The van der Waals surface area contributed by atoms with Gasteiger partial charge in [0, 0.05) is 23.7 Å². The fourth-order valence-corrected chi connectivity index (χ4v) is 4.41. The first-order valence-corrected chi connectivity index (χ1v) is 12.1. The van der Waals surface area contributed by atoms with Gasteiger partial charge in [0.2, 0.25) is 0 Å². The highest BCUT2D eigenvalue weighted by atomic mass is 16.6. The zero-order valence-electron chi connectivity index (χ0n) is 21.0. The van der Waals surface area contributed by atoms with Crippen LogP contribution in [0.2, 0.25) is 0 Å². The topological polar surface area (TPSA) is 114 Å². The number of hydrogen-bond acceptors (Lipinski definition) is 5. The van der Waals surface area contributed by atoms with E-state index in [4.69, 9.17) is 14.6 Å². The lowest BCUT2D eigenvalue weighted by molar-refractivity contribution is -0.136. The van der Waals surface area contributed by atoms with Gasteiger partial charge < -0.3 is 14.6 Å². The Labute approximate surface area is 215 Å². The molecule has 0 bridgehead atoms. The van der Waals surface area contributed by atoms with E-state index in [2.05, 4.69) is 22.8 Å². The standard InChI is InChI=1S/C29H30N2O6/c1-29(2,3)37-28(35)31-20-15-18(12-13-26(32)33)14-19(16-20)30-27(34)36-17-25-23-10-6-4-8-21(23)22-9-5-7-11-24(22)25/h4-11,14-16,25H,12-13,17H2,1-3H3,(H,30,34)(H,31,35)(H,32,33). The normalized spacial score (nSPS) is 12.3. The molecular weight excluding hydrogens is 472 g/mol. The average molecular weight is 503 g/mol. The van der Waals surface area contributed by atoms with Crippen molar-refractivity contribution in [1.82, 2.24) is 0 Å². The summed E-state index contributed by atoms with van der Waals surface area (Å²) in [5.41, 5.74) is 5.16. The molecule has 8 nitrogen and oxygen atoms in total. The Balaban J connectivity index is 1.47. The molecule has 1 aliphatic rings. The van der Waals surface area contributed by atoms with E-state index in [0.29, 0.717) is 16.9 Å². The van der Waals surface area contributed by atoms with Gasteiger partial charge in [-0.1, -0.05) is 48.5 Å². The third-order valence-electron chi connectivity index (χ3n) is 5.86. The molecule has 4 rings (SSSR count). The van der Waals surface area contributed by atoms with Crippen molar-refractivity contribution in [3.63, 3.8) is 0 Å². The van der Waals surface area contributed by atoms with Gasteiger partial charge in [-0.05, 0) is 73.2 Å². The molecule has 0 unspecified atom stereocenters. The Kier molecular flexibility index (Phi) is 7.47. The Morgan fingerprint density at radius 3 is 1.92 bits per heavy atom. The van der Waals surface area contributed by atoms with E-state index in [1.54, 1.807) is 39.0 Å². The van der Waals surface area contributed by atoms with E-state index in [1.165, 1.54) is 0 Å². The van der Waals surface area contributed by atoms with Crippen molar-refractivity contribution in [3.8, 4) is 11.1 Å². The van der Waals surface area contributed by atoms with Gasteiger partial charge in [0.25, 0.3) is 0 Å². The number of carbonyl (C=O) groups excluding carboxylic acids is 2. The second-order valence-corrected chi connectivity index (χ2v) is 9.89. The molecule has 0 saturated heterocycles. The average Bonchev–Trinajstić information content (AvgIpc) is 3.14. The number of ether oxygens (including phenoxy) is 2. The summed E-state index contributed by atoms with van der Waals surface area (Å²) < 4.78 is 10.9. The molecule has 192 valence electrons. The lowest BCUT2D eigenvalue weighted by atomic mass is 9.98. The minimum absolute atomic E-state index is 0.0792. The molecule has 3 N–H and O–H groups in total. The first-order chi connectivity index (χ1) is 17.6. The van der Waals surface area contributed by atoms with E-state index < -0.39 is 23.8 Å². The largest absolute Gasteiger partial charge is 0.481 e. The van der Waals surface area contributed by atoms with Gasteiger partial charge in [-0.3, -0.25) is 15.4 Å². The van der Waals surface area contributed by atoms with Crippen LogP contribution in [0.3, 0.4) is 0 Å². The summed E-state index contributed by atoms with van der Waals surface area (Å²) >= 11 is 0. The number of amides is 2. The zero-order valence-corrected chi connectivity index (χ0v) is 21.0. The van der Waals surface area contributed by atoms with Crippen molar-refractivity contribution in [3.05, 3.63) is 83.4 Å². The predicted molar refractivity (Wildman–Crippen MR) is 141 cm³/mol. The van der Waals surface area contributed by atoms with Crippen molar-refractivity contribution in [2.45, 2.75) is 45.1 Å². The van der Waals surface area contributed by atoms with Crippen LogP contribution in [0.5, 0.6) is 0 Å². The highest BCUT2D eigenvalue weighted by molar-refractivity contribution is 5.89. The van der Waals surface area contributed by atoms with E-state index in [-0.39, 0.29) is 25.4 Å². The van der Waals surface area contributed by atoms with E-state index in [1.807, 2.05) is 36.4 Å². The minimum atomic E-state index is -0.948. The van der Waals surface area contributed by atoms with E-state index in [9.17, 15) is 14.4 Å². The maximum absolute atomic E-state index is 12.8. The number of rotatable bonds is 7. The number of hydrogen-bond donors (Lipinski definition) is 3. The highest BCUT2D eigenvalue weighted by Gasteiger charge is 2.29. The summed E-state index contributed by atoms with van der Waals surface area (Å²) in [5.74, 6) is -1.03. The zero-order chi connectivity index (χ0) is 26.6. The quantitative estimate of drug-likeness (QED) is 0.344. The first-order valence-electron chi connectivity index (χ1n) is 12.1. The third kappa shape index (κ3) is 6.67. The first kappa shape index (κ1) is 25.8. The summed E-state index contributed by atoms with van der Waals surface area (Å²) in [6.07, 6.45) is -1.19. The molecule has 0 spiro atoms. The third-order valence-corrected chi connectivity index (χ3v) is 5.86. The maximum Gasteiger partial charge on any atom is 0.412 e. The van der Waals surface area contributed by atoms with Crippen molar-refractivity contribution in [2.24, 2.45) is 0 Å². The van der Waals surface area contributed by atoms with E-state index >= 15 is 0 Å². The van der Waals surface area contributed by atoms with Crippen molar-refractivity contribution in [1.29, 1.82) is 0 Å². The Morgan fingerprint density at radius 1 is 0.838 bits per heavy atom. The van der Waals surface area contributed by atoms with Crippen molar-refractivity contribution < 1.29 is 29.0 Å². The molecule has 1 aliphatic carbocycles. The molecule has 37 heavy (non-hydrogen) atoms. The van der Waals surface area contributed by atoms with Gasteiger partial charge in [-0.15, -0.1) is 0 Å². The molecule has 3 aromatic rings. The molecule has 0 fully saturated rings. The number of carboxylic acids is 1. The van der Waals surface area contributed by atoms with Crippen LogP contribution < -0.4 is 10.6 Å². The van der Waals surface area contributed by atoms with Crippen LogP contribution in [-0.2, 0) is 20.7 Å². The fourth-order valence-electron chi connectivity index (χ4n) is 4.41. The summed E-state index contributed by atoms with van der Waals surface area (Å²) in [4.78, 5) is 36.1. The monoisotopic (exact) mass is 502 g/mol. The molecule has 0 heterocycles. The van der Waals surface area contributed by atoms with Crippen LogP contribution in [0.25, 0.3) is 11.1 Å². The van der Waals surface area contributed by atoms with Gasteiger partial charge in [-0.25, -0.2) is 9.59 Å². The molecular formula is C29H30N2O6. The molecule has 0 atom stereocenters. The summed E-state index contributed by atoms with van der Waals surface area (Å²) in [5, 5.41) is 14.4. The van der Waals surface area contributed by atoms with Gasteiger partial charge in [0.05, 0.1) is 0 Å². The van der Waals surface area contributed by atoms with Crippen LogP contribution >= 0.6 is 0 Å². The maximum atomic E-state index is 12.8. The summed E-state index contributed by atoms with van der Waals surface area (Å²) in [6, 6.07) is 21.0. The van der Waals surface area contributed by atoms with Gasteiger partial charge in [0.15, 0.2) is 0 Å². The van der Waals surface area contributed by atoms with Crippen LogP contribution in [0.1, 0.15) is 49.8 Å². The SMILES string of the molecule is CC(C)(C)OC(=O)Nc1cc(CCC(=O)O)cc(NC(=O)OCC2c3ccccc3-c3ccccc32)c1. The van der Waals surface area contributed by atoms with Crippen LogP contribution in [-0.4, -0.2) is 35.5 Å². The number of carbonyl (C=O) groups is 3. The summed E-state index contributed by atoms with van der Waals surface area (Å²) in [7, 11) is 0. The van der Waals surface area contributed by atoms with Gasteiger partial charge >= 0.3 is 18.2 Å². The number of carboxylic acid groups (broad SMARTS) is 1. The smallest absolute Gasteiger partial charge is 0.412 e. The fraction of sp³-hybridized carbons (Fsp3) is 0.276. The number of aliphatic carboxylic acids is 1. The lowest BCUT2D eigenvalue weighted by Crippen LogP contribution is -2.27. The molecule has 2 amide bonds. The van der Waals surface area contributed by atoms with Crippen LogP contribution in [0.4, 0.5) is 21.0 Å². The molecule has 0 aliphatic heterocycles. The Morgan fingerprint density at radius 2 is 1.38 bits per heavy atom. The molecule has 0 saturated carbocycles. The van der Waals surface area contributed by atoms with Gasteiger partial charge in [0.1, 0.15) is 12.2 Å². The number of anilines is 2. The number of benzene rings is 3. The van der Waals surface area contributed by atoms with Gasteiger partial charge in [-0.2, -0.15) is 0 Å². The van der Waals surface area contributed by atoms with Crippen LogP contribution in [0.15, 0.2) is 66.7 Å². The van der Waals surface area contributed by atoms with Crippen molar-refractivity contribution in [2.75, 3.05) is 17.2 Å². The second kappa shape index (κ2) is 10.7. The number of aryl methyl sites for hydroxylation is 1. The highest BCUT2D eigenvalue weighted by Crippen LogP contribution is 2.44. The predicted octanol–water partition coefficient (Wildman–Crippen LogP) is 6.41. The lowest BCUT2D eigenvalue weighted by Gasteiger charge is -2.20. The molecule has 0 aromatic heterocycles. The molecule has 3 aromatic carbocycles. The minimum Gasteiger partial charge on any atom is -0.481 e. The van der Waals surface area contributed by atoms with E-state index in [0.717, 1.165) is 22.3 Å². The van der Waals surface area contributed by atoms with Crippen LogP contribution in [0, 0.1) is 0 Å². The molecule has 8 heteroatoms.